The molecule has 4 nitrogen and oxygen atoms in total. The van der Waals surface area contributed by atoms with E-state index in [0.29, 0.717) is 17.0 Å². The van der Waals surface area contributed by atoms with E-state index in [1.807, 2.05) is 42.5 Å². The number of para-hydroxylation sites is 1. The lowest BCUT2D eigenvalue weighted by molar-refractivity contribution is 0.474. The minimum atomic E-state index is 0.204. The zero-order valence-electron chi connectivity index (χ0n) is 14.4. The molecule has 4 aromatic rings. The molecule has 0 amide bonds. The summed E-state index contributed by atoms with van der Waals surface area (Å²) in [6, 6.07) is 20.9. The van der Waals surface area contributed by atoms with Gasteiger partial charge in [-0.05, 0) is 48.4 Å². The van der Waals surface area contributed by atoms with Gasteiger partial charge in [0.15, 0.2) is 5.58 Å². The Balaban J connectivity index is 1.64. The third-order valence-electron chi connectivity index (χ3n) is 4.27. The highest BCUT2D eigenvalue weighted by atomic mass is 16.3. The van der Waals surface area contributed by atoms with Crippen LogP contribution >= 0.6 is 0 Å². The molecule has 0 unspecified atom stereocenters. The fourth-order valence-corrected chi connectivity index (χ4v) is 2.74. The first-order valence-corrected chi connectivity index (χ1v) is 8.55. The highest BCUT2D eigenvalue weighted by molar-refractivity contribution is 5.86. The van der Waals surface area contributed by atoms with Gasteiger partial charge in [-0.25, -0.2) is 4.98 Å². The van der Waals surface area contributed by atoms with Crippen LogP contribution in [0.2, 0.25) is 0 Å². The van der Waals surface area contributed by atoms with Crippen molar-refractivity contribution in [2.24, 2.45) is 4.99 Å². The number of oxazole rings is 1. The normalized spacial score (nSPS) is 11.4. The first-order valence-electron chi connectivity index (χ1n) is 8.55. The fourth-order valence-electron chi connectivity index (χ4n) is 2.74. The molecule has 0 fully saturated rings. The Labute approximate surface area is 151 Å². The Morgan fingerprint density at radius 1 is 1.04 bits per heavy atom. The second-order valence-corrected chi connectivity index (χ2v) is 6.04. The SMILES string of the molecule is CCc1ccc(-c2nc3ccc(N=Cc4ccccc4O)cc3o2)cc1. The number of fused-ring (bicyclic) bond motifs is 1. The second-order valence-electron chi connectivity index (χ2n) is 6.04. The van der Waals surface area contributed by atoms with Crippen molar-refractivity contribution in [2.45, 2.75) is 13.3 Å². The molecule has 0 atom stereocenters. The topological polar surface area (TPSA) is 58.6 Å². The van der Waals surface area contributed by atoms with Crippen molar-refractivity contribution in [3.05, 3.63) is 77.9 Å². The zero-order valence-corrected chi connectivity index (χ0v) is 14.4. The van der Waals surface area contributed by atoms with Gasteiger partial charge >= 0.3 is 0 Å². The molecule has 0 saturated heterocycles. The zero-order chi connectivity index (χ0) is 17.9. The Morgan fingerprint density at radius 3 is 2.62 bits per heavy atom. The fraction of sp³-hybridized carbons (Fsp3) is 0.0909. The van der Waals surface area contributed by atoms with Gasteiger partial charge in [0.1, 0.15) is 11.3 Å². The summed E-state index contributed by atoms with van der Waals surface area (Å²) >= 11 is 0. The van der Waals surface area contributed by atoms with Crippen molar-refractivity contribution in [2.75, 3.05) is 0 Å². The molecule has 1 N–H and O–H groups in total. The van der Waals surface area contributed by atoms with Crippen molar-refractivity contribution in [3.8, 4) is 17.2 Å². The number of hydrogen-bond donors (Lipinski definition) is 1. The molecule has 0 bridgehead atoms. The maximum absolute atomic E-state index is 9.81. The summed E-state index contributed by atoms with van der Waals surface area (Å²) in [7, 11) is 0. The smallest absolute Gasteiger partial charge is 0.227 e. The number of aromatic hydroxyl groups is 1. The number of aromatic nitrogens is 1. The summed E-state index contributed by atoms with van der Waals surface area (Å²) in [5, 5.41) is 9.81. The van der Waals surface area contributed by atoms with E-state index in [9.17, 15) is 5.11 Å². The van der Waals surface area contributed by atoms with Crippen LogP contribution in [0.3, 0.4) is 0 Å². The van der Waals surface area contributed by atoms with Gasteiger partial charge in [0.2, 0.25) is 5.89 Å². The van der Waals surface area contributed by atoms with Crippen LogP contribution in [0, 0.1) is 0 Å². The number of phenolic OH excluding ortho intramolecular Hbond substituents is 1. The standard InChI is InChI=1S/C22H18N2O2/c1-2-15-7-9-16(10-8-15)22-24-19-12-11-18(13-21(19)26-22)23-14-17-5-3-4-6-20(17)25/h3-14,25H,2H2,1H3. The lowest BCUT2D eigenvalue weighted by Crippen LogP contribution is -1.81. The van der Waals surface area contributed by atoms with Crippen LogP contribution in [0.25, 0.3) is 22.6 Å². The molecule has 3 aromatic carbocycles. The minimum Gasteiger partial charge on any atom is -0.507 e. The van der Waals surface area contributed by atoms with E-state index in [1.165, 1.54) is 5.56 Å². The van der Waals surface area contributed by atoms with Gasteiger partial charge in [-0.2, -0.15) is 0 Å². The highest BCUT2D eigenvalue weighted by Crippen LogP contribution is 2.27. The molecule has 1 heterocycles. The van der Waals surface area contributed by atoms with Crippen LogP contribution in [0.15, 0.2) is 76.1 Å². The third kappa shape index (κ3) is 3.22. The molecule has 0 aliphatic carbocycles. The van der Waals surface area contributed by atoms with Crippen LogP contribution in [-0.4, -0.2) is 16.3 Å². The summed E-state index contributed by atoms with van der Waals surface area (Å²) < 4.78 is 5.91. The number of rotatable bonds is 4. The van der Waals surface area contributed by atoms with Gasteiger partial charge in [-0.3, -0.25) is 4.99 Å². The minimum absolute atomic E-state index is 0.204. The molecule has 128 valence electrons. The second kappa shape index (κ2) is 6.84. The molecule has 1 aromatic heterocycles. The van der Waals surface area contributed by atoms with Gasteiger partial charge in [0.05, 0.1) is 5.69 Å². The molecule has 0 aliphatic rings. The maximum Gasteiger partial charge on any atom is 0.227 e. The molecule has 0 saturated carbocycles. The van der Waals surface area contributed by atoms with Gasteiger partial charge < -0.3 is 9.52 Å². The summed E-state index contributed by atoms with van der Waals surface area (Å²) in [6.45, 7) is 2.13. The molecular weight excluding hydrogens is 324 g/mol. The third-order valence-corrected chi connectivity index (χ3v) is 4.27. The van der Waals surface area contributed by atoms with Gasteiger partial charge in [-0.15, -0.1) is 0 Å². The Morgan fingerprint density at radius 2 is 1.85 bits per heavy atom. The van der Waals surface area contributed by atoms with Gasteiger partial charge in [-0.1, -0.05) is 31.2 Å². The molecule has 4 heteroatoms. The Hall–Kier alpha value is -3.40. The monoisotopic (exact) mass is 342 g/mol. The van der Waals surface area contributed by atoms with Crippen LogP contribution in [-0.2, 0) is 6.42 Å². The number of nitrogens with zero attached hydrogens (tertiary/aromatic N) is 2. The predicted molar refractivity (Wildman–Crippen MR) is 104 cm³/mol. The predicted octanol–water partition coefficient (Wildman–Crippen LogP) is 5.51. The molecule has 0 aliphatic heterocycles. The Kier molecular flexibility index (Phi) is 4.23. The van der Waals surface area contributed by atoms with Crippen LogP contribution in [0.4, 0.5) is 5.69 Å². The van der Waals surface area contributed by atoms with Crippen LogP contribution < -0.4 is 0 Å². The molecule has 26 heavy (non-hydrogen) atoms. The van der Waals surface area contributed by atoms with Gasteiger partial charge in [0, 0.05) is 23.4 Å². The van der Waals surface area contributed by atoms with Crippen molar-refractivity contribution >= 4 is 23.0 Å². The quantitative estimate of drug-likeness (QED) is 0.497. The maximum atomic E-state index is 9.81. The number of hydrogen-bond acceptors (Lipinski definition) is 4. The highest BCUT2D eigenvalue weighted by Gasteiger charge is 2.08. The molecule has 4 rings (SSSR count). The first kappa shape index (κ1) is 16.1. The van der Waals surface area contributed by atoms with E-state index in [0.717, 1.165) is 23.2 Å². The molecule has 0 spiro atoms. The van der Waals surface area contributed by atoms with E-state index >= 15 is 0 Å². The number of phenols is 1. The largest absolute Gasteiger partial charge is 0.507 e. The number of aliphatic imine (C=N–C) groups is 1. The molecular formula is C22H18N2O2. The molecule has 0 radical (unpaired) electrons. The average molecular weight is 342 g/mol. The van der Waals surface area contributed by atoms with E-state index in [4.69, 9.17) is 4.42 Å². The summed E-state index contributed by atoms with van der Waals surface area (Å²) in [5.74, 6) is 0.805. The average Bonchev–Trinajstić information content (AvgIpc) is 3.11. The van der Waals surface area contributed by atoms with Crippen molar-refractivity contribution in [1.29, 1.82) is 0 Å². The Bertz CT molecular complexity index is 1080. The summed E-state index contributed by atoms with van der Waals surface area (Å²) in [6.07, 6.45) is 2.64. The van der Waals surface area contributed by atoms with Crippen molar-refractivity contribution in [3.63, 3.8) is 0 Å². The van der Waals surface area contributed by atoms with Crippen LogP contribution in [0.5, 0.6) is 5.75 Å². The number of benzene rings is 3. The summed E-state index contributed by atoms with van der Waals surface area (Å²) in [4.78, 5) is 8.97. The van der Waals surface area contributed by atoms with E-state index in [-0.39, 0.29) is 5.75 Å². The van der Waals surface area contributed by atoms with Crippen LogP contribution in [0.1, 0.15) is 18.1 Å². The van der Waals surface area contributed by atoms with E-state index < -0.39 is 0 Å². The first-order chi connectivity index (χ1) is 12.7. The summed E-state index contributed by atoms with van der Waals surface area (Å²) in [5.41, 5.74) is 5.13. The van der Waals surface area contributed by atoms with Crippen molar-refractivity contribution < 1.29 is 9.52 Å². The van der Waals surface area contributed by atoms with Gasteiger partial charge in [0.25, 0.3) is 0 Å². The van der Waals surface area contributed by atoms with E-state index in [2.05, 4.69) is 29.0 Å². The lowest BCUT2D eigenvalue weighted by atomic mass is 10.1. The van der Waals surface area contributed by atoms with E-state index in [1.54, 1.807) is 18.3 Å². The van der Waals surface area contributed by atoms with Crippen molar-refractivity contribution in [1.82, 2.24) is 4.98 Å². The number of aryl methyl sites for hydroxylation is 1. The lowest BCUT2D eigenvalue weighted by Gasteiger charge is -1.98.